The molecule has 0 radical (unpaired) electrons. The fourth-order valence-electron chi connectivity index (χ4n) is 2.23. The summed E-state index contributed by atoms with van der Waals surface area (Å²) in [5.41, 5.74) is -0.151. The molecule has 0 aromatic carbocycles. The Hall–Kier alpha value is -0.370. The first-order valence-corrected chi connectivity index (χ1v) is 6.32. The van der Waals surface area contributed by atoms with Gasteiger partial charge in [0.15, 0.2) is 0 Å². The molecule has 0 aromatic rings. The third-order valence-corrected chi connectivity index (χ3v) is 3.21. The SMILES string of the molecule is CCCCCCCC1(C)CC(=O)CCO1. The quantitative estimate of drug-likeness (QED) is 0.630. The Balaban J connectivity index is 2.15. The highest BCUT2D eigenvalue weighted by Gasteiger charge is 2.31. The molecule has 1 atom stereocenters. The van der Waals surface area contributed by atoms with Crippen LogP contribution >= 0.6 is 0 Å². The summed E-state index contributed by atoms with van der Waals surface area (Å²) >= 11 is 0. The van der Waals surface area contributed by atoms with Gasteiger partial charge in [0.1, 0.15) is 5.78 Å². The molecule has 0 aromatic heterocycles. The zero-order valence-electron chi connectivity index (χ0n) is 10.2. The summed E-state index contributed by atoms with van der Waals surface area (Å²) < 4.78 is 5.72. The highest BCUT2D eigenvalue weighted by atomic mass is 16.5. The molecule has 0 saturated carbocycles. The summed E-state index contributed by atoms with van der Waals surface area (Å²) in [4.78, 5) is 11.3. The number of carbonyl (C=O) groups is 1. The Morgan fingerprint density at radius 2 is 2.00 bits per heavy atom. The van der Waals surface area contributed by atoms with Crippen molar-refractivity contribution in [2.45, 2.75) is 70.8 Å². The minimum atomic E-state index is -0.151. The fourth-order valence-corrected chi connectivity index (χ4v) is 2.23. The summed E-state index contributed by atoms with van der Waals surface area (Å²) in [5.74, 6) is 0.373. The van der Waals surface area contributed by atoms with Gasteiger partial charge < -0.3 is 4.74 Å². The van der Waals surface area contributed by atoms with E-state index in [0.29, 0.717) is 25.2 Å². The Morgan fingerprint density at radius 3 is 2.67 bits per heavy atom. The van der Waals surface area contributed by atoms with Crippen LogP contribution in [-0.2, 0) is 9.53 Å². The number of carbonyl (C=O) groups excluding carboxylic acids is 1. The van der Waals surface area contributed by atoms with Gasteiger partial charge in [-0.1, -0.05) is 39.0 Å². The molecule has 1 unspecified atom stereocenters. The molecule has 1 saturated heterocycles. The number of ether oxygens (including phenoxy) is 1. The molecule has 0 spiro atoms. The topological polar surface area (TPSA) is 26.3 Å². The molecule has 1 rings (SSSR count). The molecule has 0 N–H and O–H groups in total. The van der Waals surface area contributed by atoms with Crippen LogP contribution in [0.2, 0.25) is 0 Å². The maximum Gasteiger partial charge on any atom is 0.138 e. The summed E-state index contributed by atoms with van der Waals surface area (Å²) in [7, 11) is 0. The normalized spacial score (nSPS) is 26.9. The van der Waals surface area contributed by atoms with Gasteiger partial charge in [-0.3, -0.25) is 4.79 Å². The monoisotopic (exact) mass is 212 g/mol. The van der Waals surface area contributed by atoms with E-state index in [9.17, 15) is 4.79 Å². The van der Waals surface area contributed by atoms with Gasteiger partial charge in [0, 0.05) is 12.8 Å². The Kier molecular flexibility index (Phi) is 5.30. The van der Waals surface area contributed by atoms with Crippen LogP contribution < -0.4 is 0 Å². The van der Waals surface area contributed by atoms with Crippen LogP contribution in [0.15, 0.2) is 0 Å². The van der Waals surface area contributed by atoms with E-state index < -0.39 is 0 Å². The van der Waals surface area contributed by atoms with Crippen molar-refractivity contribution < 1.29 is 9.53 Å². The smallest absolute Gasteiger partial charge is 0.138 e. The second-order valence-corrected chi connectivity index (χ2v) is 4.93. The second kappa shape index (κ2) is 6.26. The van der Waals surface area contributed by atoms with Gasteiger partial charge in [-0.2, -0.15) is 0 Å². The van der Waals surface area contributed by atoms with E-state index in [1.807, 2.05) is 0 Å². The lowest BCUT2D eigenvalue weighted by Crippen LogP contribution is -2.37. The zero-order valence-corrected chi connectivity index (χ0v) is 10.2. The van der Waals surface area contributed by atoms with Gasteiger partial charge in [-0.05, 0) is 13.3 Å². The molecule has 0 amide bonds. The van der Waals surface area contributed by atoms with E-state index >= 15 is 0 Å². The standard InChI is InChI=1S/C13H24O2/c1-3-4-5-6-7-9-13(2)11-12(14)8-10-15-13/h3-11H2,1-2H3. The molecule has 1 heterocycles. The lowest BCUT2D eigenvalue weighted by Gasteiger charge is -2.33. The first-order valence-electron chi connectivity index (χ1n) is 6.32. The molecular formula is C13H24O2. The van der Waals surface area contributed by atoms with Crippen LogP contribution in [0.5, 0.6) is 0 Å². The zero-order chi connectivity index (χ0) is 11.1. The van der Waals surface area contributed by atoms with Crippen LogP contribution in [0.4, 0.5) is 0 Å². The Morgan fingerprint density at radius 1 is 1.27 bits per heavy atom. The van der Waals surface area contributed by atoms with Crippen LogP contribution in [-0.4, -0.2) is 18.0 Å². The molecule has 1 aliphatic rings. The minimum Gasteiger partial charge on any atom is -0.374 e. The first-order chi connectivity index (χ1) is 7.16. The first kappa shape index (κ1) is 12.7. The average Bonchev–Trinajstić information content (AvgIpc) is 2.17. The maximum absolute atomic E-state index is 11.3. The van der Waals surface area contributed by atoms with Crippen molar-refractivity contribution in [1.82, 2.24) is 0 Å². The predicted octanol–water partition coefficient (Wildman–Crippen LogP) is 3.49. The van der Waals surface area contributed by atoms with Crippen LogP contribution in [0, 0.1) is 0 Å². The molecule has 2 heteroatoms. The number of Topliss-reactive ketones (excluding diaryl/α,β-unsaturated/α-hetero) is 1. The molecular weight excluding hydrogens is 188 g/mol. The van der Waals surface area contributed by atoms with Crippen molar-refractivity contribution in [2.24, 2.45) is 0 Å². The van der Waals surface area contributed by atoms with Crippen molar-refractivity contribution in [1.29, 1.82) is 0 Å². The van der Waals surface area contributed by atoms with Crippen LogP contribution in [0.1, 0.15) is 65.2 Å². The third kappa shape index (κ3) is 4.78. The van der Waals surface area contributed by atoms with Gasteiger partial charge >= 0.3 is 0 Å². The average molecular weight is 212 g/mol. The van der Waals surface area contributed by atoms with Crippen molar-refractivity contribution in [3.05, 3.63) is 0 Å². The number of hydrogen-bond donors (Lipinski definition) is 0. The molecule has 1 aliphatic heterocycles. The molecule has 2 nitrogen and oxygen atoms in total. The summed E-state index contributed by atoms with van der Waals surface area (Å²) in [6.45, 7) is 4.94. The van der Waals surface area contributed by atoms with Crippen molar-refractivity contribution in [3.8, 4) is 0 Å². The van der Waals surface area contributed by atoms with Crippen molar-refractivity contribution in [2.75, 3.05) is 6.61 Å². The van der Waals surface area contributed by atoms with Crippen molar-refractivity contribution >= 4 is 5.78 Å². The molecule has 88 valence electrons. The highest BCUT2D eigenvalue weighted by molar-refractivity contribution is 5.80. The van der Waals surface area contributed by atoms with Gasteiger partial charge in [0.25, 0.3) is 0 Å². The van der Waals surface area contributed by atoms with Crippen LogP contribution in [0.3, 0.4) is 0 Å². The van der Waals surface area contributed by atoms with E-state index in [-0.39, 0.29) is 5.60 Å². The molecule has 15 heavy (non-hydrogen) atoms. The number of hydrogen-bond acceptors (Lipinski definition) is 2. The Labute approximate surface area is 93.4 Å². The van der Waals surface area contributed by atoms with E-state index in [0.717, 1.165) is 6.42 Å². The number of unbranched alkanes of at least 4 members (excludes halogenated alkanes) is 4. The Bertz CT molecular complexity index is 201. The second-order valence-electron chi connectivity index (χ2n) is 4.93. The van der Waals surface area contributed by atoms with E-state index in [2.05, 4.69) is 13.8 Å². The number of rotatable bonds is 6. The lowest BCUT2D eigenvalue weighted by molar-refractivity contribution is -0.138. The van der Waals surface area contributed by atoms with Gasteiger partial charge in [-0.25, -0.2) is 0 Å². The molecule has 0 aliphatic carbocycles. The maximum atomic E-state index is 11.3. The third-order valence-electron chi connectivity index (χ3n) is 3.21. The van der Waals surface area contributed by atoms with E-state index in [4.69, 9.17) is 4.74 Å². The van der Waals surface area contributed by atoms with E-state index in [1.54, 1.807) is 0 Å². The summed E-state index contributed by atoms with van der Waals surface area (Å²) in [6.07, 6.45) is 8.70. The highest BCUT2D eigenvalue weighted by Crippen LogP contribution is 2.28. The van der Waals surface area contributed by atoms with Gasteiger partial charge in [0.2, 0.25) is 0 Å². The predicted molar refractivity (Wildman–Crippen MR) is 62.0 cm³/mol. The summed E-state index contributed by atoms with van der Waals surface area (Å²) in [5, 5.41) is 0. The number of ketones is 1. The fraction of sp³-hybridized carbons (Fsp3) is 0.923. The largest absolute Gasteiger partial charge is 0.374 e. The van der Waals surface area contributed by atoms with Crippen LogP contribution in [0.25, 0.3) is 0 Å². The summed E-state index contributed by atoms with van der Waals surface area (Å²) in [6, 6.07) is 0. The minimum absolute atomic E-state index is 0.151. The lowest BCUT2D eigenvalue weighted by atomic mass is 9.89. The van der Waals surface area contributed by atoms with Gasteiger partial charge in [0.05, 0.1) is 12.2 Å². The molecule has 1 fully saturated rings. The van der Waals surface area contributed by atoms with E-state index in [1.165, 1.54) is 32.1 Å². The molecule has 0 bridgehead atoms. The van der Waals surface area contributed by atoms with Gasteiger partial charge in [-0.15, -0.1) is 0 Å². The van der Waals surface area contributed by atoms with Crippen molar-refractivity contribution in [3.63, 3.8) is 0 Å².